The van der Waals surface area contributed by atoms with E-state index in [4.69, 9.17) is 5.73 Å². The van der Waals surface area contributed by atoms with Gasteiger partial charge in [-0.2, -0.15) is 13.2 Å². The second kappa shape index (κ2) is 5.31. The summed E-state index contributed by atoms with van der Waals surface area (Å²) in [6, 6.07) is 0. The second-order valence-corrected chi connectivity index (χ2v) is 6.07. The summed E-state index contributed by atoms with van der Waals surface area (Å²) in [5.41, 5.74) is 4.79. The van der Waals surface area contributed by atoms with Crippen LogP contribution in [0.3, 0.4) is 0 Å². The van der Waals surface area contributed by atoms with E-state index in [1.54, 1.807) is 13.8 Å². The third-order valence-corrected chi connectivity index (χ3v) is 4.48. The first-order valence-corrected chi connectivity index (χ1v) is 6.44. The molecule has 0 aliphatic heterocycles. The Balaban J connectivity index is 2.84. The van der Waals surface area contributed by atoms with Gasteiger partial charge in [-0.25, -0.2) is 0 Å². The molecule has 0 heterocycles. The van der Waals surface area contributed by atoms with E-state index in [1.807, 2.05) is 0 Å². The van der Waals surface area contributed by atoms with E-state index in [1.165, 1.54) is 7.11 Å². The average Bonchev–Trinajstić information content (AvgIpc) is 2.26. The summed E-state index contributed by atoms with van der Waals surface area (Å²) < 4.78 is 42.7. The van der Waals surface area contributed by atoms with Gasteiger partial charge in [-0.3, -0.25) is 4.79 Å². The number of rotatable bonds is 3. The maximum atomic E-state index is 12.7. The van der Waals surface area contributed by atoms with Gasteiger partial charge in [0.05, 0.1) is 19.4 Å². The predicted molar refractivity (Wildman–Crippen MR) is 65.3 cm³/mol. The van der Waals surface area contributed by atoms with Gasteiger partial charge in [-0.05, 0) is 44.9 Å². The van der Waals surface area contributed by atoms with Crippen LogP contribution in [0, 0.1) is 11.3 Å². The van der Waals surface area contributed by atoms with Crippen LogP contribution in [0.4, 0.5) is 13.2 Å². The fourth-order valence-electron chi connectivity index (χ4n) is 2.90. The molecule has 0 spiro atoms. The molecule has 0 aromatic heterocycles. The molecular formula is C13H22F3NO2. The van der Waals surface area contributed by atoms with Crippen molar-refractivity contribution in [2.75, 3.05) is 7.11 Å². The van der Waals surface area contributed by atoms with Crippen LogP contribution >= 0.6 is 0 Å². The van der Waals surface area contributed by atoms with E-state index in [-0.39, 0.29) is 19.3 Å². The standard InChI is InChI=1S/C13H22F3NO2/c1-11(2,17)12(8-10(18)19-3)6-4-9(5-7-12)13(14,15)16/h9H,4-8,17H2,1-3H3. The van der Waals surface area contributed by atoms with Crippen molar-refractivity contribution < 1.29 is 22.7 Å². The Kier molecular flexibility index (Phi) is 4.55. The quantitative estimate of drug-likeness (QED) is 0.809. The zero-order valence-corrected chi connectivity index (χ0v) is 11.6. The molecule has 0 unspecified atom stereocenters. The summed E-state index contributed by atoms with van der Waals surface area (Å²) in [4.78, 5) is 11.5. The number of hydrogen-bond acceptors (Lipinski definition) is 3. The van der Waals surface area contributed by atoms with Gasteiger partial charge in [0, 0.05) is 5.54 Å². The SMILES string of the molecule is COC(=O)CC1(C(C)(C)N)CCC(C(F)(F)F)CC1. The van der Waals surface area contributed by atoms with Crippen LogP contribution in [0.2, 0.25) is 0 Å². The third kappa shape index (κ3) is 3.61. The number of hydrogen-bond donors (Lipinski definition) is 1. The van der Waals surface area contributed by atoms with Crippen LogP contribution in [0.1, 0.15) is 46.0 Å². The van der Waals surface area contributed by atoms with Gasteiger partial charge < -0.3 is 10.5 Å². The smallest absolute Gasteiger partial charge is 0.391 e. The van der Waals surface area contributed by atoms with Crippen molar-refractivity contribution in [2.24, 2.45) is 17.1 Å². The summed E-state index contributed by atoms with van der Waals surface area (Å²) in [7, 11) is 1.28. The highest BCUT2D eigenvalue weighted by atomic mass is 19.4. The lowest BCUT2D eigenvalue weighted by Gasteiger charge is -2.48. The average molecular weight is 281 g/mol. The molecule has 19 heavy (non-hydrogen) atoms. The van der Waals surface area contributed by atoms with Crippen LogP contribution in [-0.4, -0.2) is 24.8 Å². The van der Waals surface area contributed by atoms with Gasteiger partial charge in [0.25, 0.3) is 0 Å². The lowest BCUT2D eigenvalue weighted by molar-refractivity contribution is -0.190. The minimum absolute atomic E-state index is 0.0289. The molecule has 0 amide bonds. The highest BCUT2D eigenvalue weighted by Gasteiger charge is 2.51. The molecular weight excluding hydrogens is 259 g/mol. The summed E-state index contributed by atoms with van der Waals surface area (Å²) in [5, 5.41) is 0. The number of carbonyl (C=O) groups is 1. The summed E-state index contributed by atoms with van der Waals surface area (Å²) in [6.07, 6.45) is -3.42. The summed E-state index contributed by atoms with van der Waals surface area (Å²) in [6.45, 7) is 3.54. The molecule has 3 nitrogen and oxygen atoms in total. The van der Waals surface area contributed by atoms with E-state index in [9.17, 15) is 18.0 Å². The molecule has 0 aromatic rings. The van der Waals surface area contributed by atoms with Crippen molar-refractivity contribution in [1.29, 1.82) is 0 Å². The van der Waals surface area contributed by atoms with E-state index in [2.05, 4.69) is 4.74 Å². The molecule has 0 aromatic carbocycles. The monoisotopic (exact) mass is 281 g/mol. The number of halogens is 3. The Morgan fingerprint density at radius 2 is 1.79 bits per heavy atom. The second-order valence-electron chi connectivity index (χ2n) is 6.07. The Bertz CT molecular complexity index is 326. The first-order chi connectivity index (χ1) is 8.52. The van der Waals surface area contributed by atoms with E-state index < -0.39 is 29.0 Å². The van der Waals surface area contributed by atoms with Gasteiger partial charge in [-0.15, -0.1) is 0 Å². The van der Waals surface area contributed by atoms with Crippen molar-refractivity contribution in [1.82, 2.24) is 0 Å². The minimum atomic E-state index is -4.16. The highest BCUT2D eigenvalue weighted by Crippen LogP contribution is 2.51. The molecule has 0 radical (unpaired) electrons. The first kappa shape index (κ1) is 16.3. The highest BCUT2D eigenvalue weighted by molar-refractivity contribution is 5.70. The number of esters is 1. The van der Waals surface area contributed by atoms with Gasteiger partial charge in [0.1, 0.15) is 0 Å². The molecule has 0 bridgehead atoms. The number of nitrogens with two attached hydrogens (primary N) is 1. The van der Waals surface area contributed by atoms with Gasteiger partial charge >= 0.3 is 12.1 Å². The maximum absolute atomic E-state index is 12.7. The number of alkyl halides is 3. The van der Waals surface area contributed by atoms with E-state index in [0.29, 0.717) is 12.8 Å². The van der Waals surface area contributed by atoms with Gasteiger partial charge in [0.2, 0.25) is 0 Å². The number of methoxy groups -OCH3 is 1. The zero-order valence-electron chi connectivity index (χ0n) is 11.6. The molecule has 112 valence electrons. The fraction of sp³-hybridized carbons (Fsp3) is 0.923. The van der Waals surface area contributed by atoms with E-state index >= 15 is 0 Å². The molecule has 1 rings (SSSR count). The van der Waals surface area contributed by atoms with Crippen LogP contribution in [0.5, 0.6) is 0 Å². The topological polar surface area (TPSA) is 52.3 Å². The molecule has 6 heteroatoms. The molecule has 0 atom stereocenters. The Hall–Kier alpha value is -0.780. The van der Waals surface area contributed by atoms with Crippen molar-refractivity contribution in [3.05, 3.63) is 0 Å². The fourth-order valence-corrected chi connectivity index (χ4v) is 2.90. The minimum Gasteiger partial charge on any atom is -0.469 e. The van der Waals surface area contributed by atoms with E-state index in [0.717, 1.165) is 0 Å². The first-order valence-electron chi connectivity index (χ1n) is 6.44. The van der Waals surface area contributed by atoms with Crippen LogP contribution in [0.25, 0.3) is 0 Å². The van der Waals surface area contributed by atoms with Crippen molar-refractivity contribution in [3.63, 3.8) is 0 Å². The van der Waals surface area contributed by atoms with Gasteiger partial charge in [0.15, 0.2) is 0 Å². The molecule has 1 saturated carbocycles. The Labute approximate surface area is 111 Å². The Morgan fingerprint density at radius 3 is 2.11 bits per heavy atom. The Morgan fingerprint density at radius 1 is 1.32 bits per heavy atom. The predicted octanol–water partition coefficient (Wildman–Crippen LogP) is 3.03. The molecule has 1 aliphatic carbocycles. The molecule has 1 fully saturated rings. The van der Waals surface area contributed by atoms with Crippen LogP contribution < -0.4 is 5.73 Å². The maximum Gasteiger partial charge on any atom is 0.391 e. The van der Waals surface area contributed by atoms with Crippen LogP contribution in [0.15, 0.2) is 0 Å². The lowest BCUT2D eigenvalue weighted by atomic mass is 9.59. The zero-order chi connectivity index (χ0) is 14.9. The van der Waals surface area contributed by atoms with Crippen molar-refractivity contribution >= 4 is 5.97 Å². The van der Waals surface area contributed by atoms with Crippen molar-refractivity contribution in [2.45, 2.75) is 57.7 Å². The normalized spacial score (nSPS) is 29.1. The third-order valence-electron chi connectivity index (χ3n) is 4.48. The molecule has 1 aliphatic rings. The summed E-state index contributed by atoms with van der Waals surface area (Å²) >= 11 is 0. The van der Waals surface area contributed by atoms with Gasteiger partial charge in [-0.1, -0.05) is 0 Å². The van der Waals surface area contributed by atoms with Crippen molar-refractivity contribution in [3.8, 4) is 0 Å². The summed E-state index contributed by atoms with van der Waals surface area (Å²) in [5.74, 6) is -1.69. The molecule has 0 saturated heterocycles. The molecule has 2 N–H and O–H groups in total. The largest absolute Gasteiger partial charge is 0.469 e. The number of ether oxygens (including phenoxy) is 1. The van der Waals surface area contributed by atoms with Crippen LogP contribution in [-0.2, 0) is 9.53 Å². The number of carbonyl (C=O) groups excluding carboxylic acids is 1. The lowest BCUT2D eigenvalue weighted by Crippen LogP contribution is -2.54.